The number of hydrogen-bond acceptors (Lipinski definition) is 6. The van der Waals surface area contributed by atoms with Crippen molar-refractivity contribution in [1.82, 2.24) is 9.88 Å². The summed E-state index contributed by atoms with van der Waals surface area (Å²) in [4.78, 5) is 29.7. The van der Waals surface area contributed by atoms with Gasteiger partial charge in [0.05, 0.1) is 5.69 Å². The van der Waals surface area contributed by atoms with Crippen LogP contribution in [0, 0.1) is 5.92 Å². The number of nitrogens with one attached hydrogen (secondary N) is 1. The normalized spacial score (nSPS) is 16.8. The van der Waals surface area contributed by atoms with E-state index in [0.29, 0.717) is 32.5 Å². The van der Waals surface area contributed by atoms with E-state index in [0.717, 1.165) is 41.1 Å². The van der Waals surface area contributed by atoms with E-state index in [1.807, 2.05) is 24.3 Å². The molecule has 0 unspecified atom stereocenters. The third-order valence-electron chi connectivity index (χ3n) is 5.78. The zero-order valence-corrected chi connectivity index (χ0v) is 17.4. The number of pyridine rings is 1. The summed E-state index contributed by atoms with van der Waals surface area (Å²) < 4.78 is 6.18. The number of carbonyl (C=O) groups is 2. The molecule has 8 nitrogen and oxygen atoms in total. The molecule has 1 saturated heterocycles. The lowest BCUT2D eigenvalue weighted by atomic mass is 10.0. The number of benzene rings is 1. The maximum Gasteiger partial charge on any atom is 0.248 e. The van der Waals surface area contributed by atoms with Crippen LogP contribution in [0.2, 0.25) is 0 Å². The van der Waals surface area contributed by atoms with Crippen molar-refractivity contribution >= 4 is 17.5 Å². The number of carbonyl (C=O) groups excluding carboxylic acids is 2. The molecular weight excluding hydrogens is 396 g/mol. The van der Waals surface area contributed by atoms with Crippen LogP contribution in [-0.4, -0.2) is 52.6 Å². The van der Waals surface area contributed by atoms with Gasteiger partial charge in [-0.3, -0.25) is 14.6 Å². The molecule has 1 aromatic heterocycles. The van der Waals surface area contributed by atoms with Crippen molar-refractivity contribution in [3.05, 3.63) is 42.1 Å². The third-order valence-corrected chi connectivity index (χ3v) is 5.78. The monoisotopic (exact) mass is 424 g/mol. The van der Waals surface area contributed by atoms with Crippen molar-refractivity contribution in [3.8, 4) is 17.0 Å². The van der Waals surface area contributed by atoms with Crippen molar-refractivity contribution < 1.29 is 19.4 Å². The lowest BCUT2D eigenvalue weighted by Crippen LogP contribution is -2.43. The Hall–Kier alpha value is -2.97. The maximum atomic E-state index is 12.0. The largest absolute Gasteiger partial charge is 0.490 e. The molecule has 4 rings (SSSR count). The molecule has 2 amide bonds. The van der Waals surface area contributed by atoms with E-state index in [1.165, 1.54) is 0 Å². The number of ether oxygens (including phenoxy) is 1. The lowest BCUT2D eigenvalue weighted by molar-refractivity contribution is -0.136. The van der Waals surface area contributed by atoms with Gasteiger partial charge in [0.1, 0.15) is 18.5 Å². The van der Waals surface area contributed by atoms with Gasteiger partial charge in [-0.05, 0) is 43.2 Å². The molecule has 0 bridgehead atoms. The standard InChI is InChI=1S/C23H28N4O4/c24-13-17-11-16(20-12-18(5-8-25-20)26-23(30)15-1-2-15)3-4-21(17)31-19-6-9-27(10-7-19)22(29)14-28/h3-5,8,11-12,15,19,28H,1-2,6-7,9-10,13-14,24H2,(H,25,26,30). The average Bonchev–Trinajstić information content (AvgIpc) is 3.65. The van der Waals surface area contributed by atoms with E-state index in [1.54, 1.807) is 17.2 Å². The Morgan fingerprint density at radius 2 is 1.94 bits per heavy atom. The van der Waals surface area contributed by atoms with E-state index < -0.39 is 6.61 Å². The molecule has 2 heterocycles. The Labute approximate surface area is 181 Å². The predicted octanol–water partition coefficient (Wildman–Crippen LogP) is 1.92. The molecule has 2 aromatic rings. The van der Waals surface area contributed by atoms with Crippen molar-refractivity contribution in [1.29, 1.82) is 0 Å². The van der Waals surface area contributed by atoms with Gasteiger partial charge in [0.15, 0.2) is 0 Å². The number of nitrogens with two attached hydrogens (primary N) is 1. The molecule has 1 aromatic carbocycles. The molecule has 1 aliphatic carbocycles. The molecule has 0 spiro atoms. The summed E-state index contributed by atoms with van der Waals surface area (Å²) in [6.07, 6.45) is 5.03. The summed E-state index contributed by atoms with van der Waals surface area (Å²) in [7, 11) is 0. The number of amides is 2. The van der Waals surface area contributed by atoms with Crippen LogP contribution in [-0.2, 0) is 16.1 Å². The molecule has 2 aliphatic rings. The zero-order valence-electron chi connectivity index (χ0n) is 17.4. The van der Waals surface area contributed by atoms with Gasteiger partial charge in [0.25, 0.3) is 0 Å². The highest BCUT2D eigenvalue weighted by Crippen LogP contribution is 2.31. The molecule has 0 atom stereocenters. The summed E-state index contributed by atoms with van der Waals surface area (Å²) in [5, 5.41) is 12.0. The number of likely N-dealkylation sites (tertiary alicyclic amines) is 1. The van der Waals surface area contributed by atoms with Gasteiger partial charge in [-0.1, -0.05) is 0 Å². The highest BCUT2D eigenvalue weighted by Gasteiger charge is 2.29. The molecular formula is C23H28N4O4. The second-order valence-electron chi connectivity index (χ2n) is 8.08. The van der Waals surface area contributed by atoms with Gasteiger partial charge in [-0.15, -0.1) is 0 Å². The lowest BCUT2D eigenvalue weighted by Gasteiger charge is -2.32. The Balaban J connectivity index is 1.43. The number of aromatic nitrogens is 1. The van der Waals surface area contributed by atoms with Crippen molar-refractivity contribution in [2.24, 2.45) is 11.7 Å². The minimum atomic E-state index is -0.455. The number of anilines is 1. The van der Waals surface area contributed by atoms with E-state index in [2.05, 4.69) is 10.3 Å². The average molecular weight is 425 g/mol. The number of aliphatic hydroxyl groups is 1. The van der Waals surface area contributed by atoms with E-state index >= 15 is 0 Å². The molecule has 164 valence electrons. The van der Waals surface area contributed by atoms with Crippen LogP contribution in [0.3, 0.4) is 0 Å². The zero-order chi connectivity index (χ0) is 21.8. The van der Waals surface area contributed by atoms with Gasteiger partial charge in [0.2, 0.25) is 11.8 Å². The minimum Gasteiger partial charge on any atom is -0.490 e. The number of piperidine rings is 1. The number of aliphatic hydroxyl groups excluding tert-OH is 1. The Bertz CT molecular complexity index is 952. The van der Waals surface area contributed by atoms with Gasteiger partial charge in [-0.2, -0.15) is 0 Å². The van der Waals surface area contributed by atoms with Gasteiger partial charge in [0, 0.05) is 61.4 Å². The number of hydrogen-bond donors (Lipinski definition) is 3. The fourth-order valence-electron chi connectivity index (χ4n) is 3.77. The second-order valence-corrected chi connectivity index (χ2v) is 8.08. The quantitative estimate of drug-likeness (QED) is 0.625. The summed E-state index contributed by atoms with van der Waals surface area (Å²) in [5.74, 6) is 0.700. The second kappa shape index (κ2) is 9.45. The molecule has 31 heavy (non-hydrogen) atoms. The highest BCUT2D eigenvalue weighted by molar-refractivity contribution is 5.94. The first kappa shape index (κ1) is 21.3. The molecule has 2 fully saturated rings. The van der Waals surface area contributed by atoms with Crippen LogP contribution in [0.25, 0.3) is 11.3 Å². The Kier molecular flexibility index (Phi) is 6.48. The predicted molar refractivity (Wildman–Crippen MR) is 116 cm³/mol. The summed E-state index contributed by atoms with van der Waals surface area (Å²) in [6, 6.07) is 9.46. The van der Waals surface area contributed by atoms with Crippen LogP contribution in [0.1, 0.15) is 31.2 Å². The summed E-state index contributed by atoms with van der Waals surface area (Å²) in [5.41, 5.74) is 9.25. The van der Waals surface area contributed by atoms with Crippen LogP contribution in [0.15, 0.2) is 36.5 Å². The van der Waals surface area contributed by atoms with Gasteiger partial charge in [-0.25, -0.2) is 0 Å². The number of nitrogens with zero attached hydrogens (tertiary/aromatic N) is 2. The van der Waals surface area contributed by atoms with Crippen LogP contribution >= 0.6 is 0 Å². The Morgan fingerprint density at radius 3 is 2.61 bits per heavy atom. The topological polar surface area (TPSA) is 118 Å². The maximum absolute atomic E-state index is 12.0. The molecule has 1 saturated carbocycles. The smallest absolute Gasteiger partial charge is 0.248 e. The molecule has 1 aliphatic heterocycles. The fourth-order valence-corrected chi connectivity index (χ4v) is 3.77. The SMILES string of the molecule is NCc1cc(-c2cc(NC(=O)C3CC3)ccn2)ccc1OC1CCN(C(=O)CO)CC1. The highest BCUT2D eigenvalue weighted by atomic mass is 16.5. The van der Waals surface area contributed by atoms with Crippen LogP contribution in [0.5, 0.6) is 5.75 Å². The van der Waals surface area contributed by atoms with E-state index in [-0.39, 0.29) is 23.8 Å². The minimum absolute atomic E-state index is 0.00187. The van der Waals surface area contributed by atoms with E-state index in [9.17, 15) is 9.59 Å². The van der Waals surface area contributed by atoms with E-state index in [4.69, 9.17) is 15.6 Å². The number of rotatable bonds is 7. The molecule has 8 heteroatoms. The summed E-state index contributed by atoms with van der Waals surface area (Å²) in [6.45, 7) is 1.01. The van der Waals surface area contributed by atoms with Crippen molar-refractivity contribution in [3.63, 3.8) is 0 Å². The van der Waals surface area contributed by atoms with Crippen LogP contribution in [0.4, 0.5) is 5.69 Å². The third kappa shape index (κ3) is 5.21. The first-order valence-corrected chi connectivity index (χ1v) is 10.7. The first-order valence-electron chi connectivity index (χ1n) is 10.7. The molecule has 4 N–H and O–H groups in total. The fraction of sp³-hybridized carbons (Fsp3) is 0.435. The van der Waals surface area contributed by atoms with Crippen molar-refractivity contribution in [2.45, 2.75) is 38.3 Å². The first-order chi connectivity index (χ1) is 15.1. The van der Waals surface area contributed by atoms with Crippen LogP contribution < -0.4 is 15.8 Å². The van der Waals surface area contributed by atoms with Gasteiger partial charge < -0.3 is 25.8 Å². The van der Waals surface area contributed by atoms with Gasteiger partial charge >= 0.3 is 0 Å². The van der Waals surface area contributed by atoms with Crippen molar-refractivity contribution in [2.75, 3.05) is 25.0 Å². The Morgan fingerprint density at radius 1 is 1.16 bits per heavy atom. The summed E-state index contributed by atoms with van der Waals surface area (Å²) >= 11 is 0. The molecule has 0 radical (unpaired) electrons.